The van der Waals surface area contributed by atoms with Gasteiger partial charge in [0, 0.05) is 31.0 Å². The molecule has 1 fully saturated rings. The number of ketones is 1. The molecule has 19 heavy (non-hydrogen) atoms. The van der Waals surface area contributed by atoms with E-state index in [4.69, 9.17) is 4.42 Å². The summed E-state index contributed by atoms with van der Waals surface area (Å²) in [5.74, 6) is 1.73. The number of likely N-dealkylation sites (tertiary alicyclic amines) is 1. The molecule has 2 rings (SSSR count). The normalized spacial score (nSPS) is 19.9. The molecule has 0 spiro atoms. The van der Waals surface area contributed by atoms with Gasteiger partial charge in [0.25, 0.3) is 5.91 Å². The lowest BCUT2D eigenvalue weighted by Crippen LogP contribution is -2.44. The topological polar surface area (TPSA) is 50.5 Å². The van der Waals surface area contributed by atoms with Gasteiger partial charge in [-0.15, -0.1) is 0 Å². The Bertz CT molecular complexity index is 516. The van der Waals surface area contributed by atoms with Crippen molar-refractivity contribution >= 4 is 11.7 Å². The van der Waals surface area contributed by atoms with E-state index in [9.17, 15) is 9.59 Å². The van der Waals surface area contributed by atoms with Gasteiger partial charge in [0.2, 0.25) is 0 Å². The number of carbonyl (C=O) groups excluding carboxylic acids is 2. The maximum absolute atomic E-state index is 12.6. The molecule has 1 aliphatic rings. The predicted octanol–water partition coefficient (Wildman–Crippen LogP) is 2.65. The first-order valence-electron chi connectivity index (χ1n) is 6.84. The average molecular weight is 263 g/mol. The molecule has 1 aromatic heterocycles. The Morgan fingerprint density at radius 1 is 1.32 bits per heavy atom. The number of furan rings is 1. The second-order valence-corrected chi connectivity index (χ2v) is 5.29. The van der Waals surface area contributed by atoms with Crippen molar-refractivity contribution in [1.29, 1.82) is 0 Å². The van der Waals surface area contributed by atoms with Gasteiger partial charge in [-0.2, -0.15) is 0 Å². The number of piperidine rings is 1. The molecule has 1 aromatic rings. The second-order valence-electron chi connectivity index (χ2n) is 5.29. The van der Waals surface area contributed by atoms with Crippen molar-refractivity contribution in [2.24, 2.45) is 5.92 Å². The van der Waals surface area contributed by atoms with Gasteiger partial charge in [0.05, 0.1) is 5.56 Å². The van der Waals surface area contributed by atoms with Gasteiger partial charge in [0.1, 0.15) is 17.3 Å². The molecule has 4 heteroatoms. The molecule has 1 aliphatic heterocycles. The van der Waals surface area contributed by atoms with E-state index < -0.39 is 0 Å². The molecule has 0 aromatic carbocycles. The van der Waals surface area contributed by atoms with Crippen molar-refractivity contribution in [3.63, 3.8) is 0 Å². The van der Waals surface area contributed by atoms with Crippen LogP contribution in [0.1, 0.15) is 47.2 Å². The number of amides is 1. The molecular weight excluding hydrogens is 242 g/mol. The van der Waals surface area contributed by atoms with Crippen LogP contribution in [0.5, 0.6) is 0 Å². The maximum atomic E-state index is 12.6. The molecule has 0 N–H and O–H groups in total. The zero-order valence-electron chi connectivity index (χ0n) is 12.1. The van der Waals surface area contributed by atoms with E-state index in [1.807, 2.05) is 27.7 Å². The molecule has 1 amide bonds. The molecule has 0 radical (unpaired) electrons. The summed E-state index contributed by atoms with van der Waals surface area (Å²) in [6.45, 7) is 8.66. The second kappa shape index (κ2) is 5.19. The van der Waals surface area contributed by atoms with Crippen molar-refractivity contribution in [2.45, 2.75) is 40.5 Å². The van der Waals surface area contributed by atoms with Crippen LogP contribution in [-0.2, 0) is 4.79 Å². The highest BCUT2D eigenvalue weighted by Crippen LogP contribution is 2.25. The third-order valence-corrected chi connectivity index (χ3v) is 4.08. The minimum Gasteiger partial charge on any atom is -0.466 e. The first-order chi connectivity index (χ1) is 8.95. The molecule has 0 saturated carbocycles. The molecule has 4 nitrogen and oxygen atoms in total. The summed E-state index contributed by atoms with van der Waals surface area (Å²) in [6, 6.07) is 0. The van der Waals surface area contributed by atoms with E-state index in [1.165, 1.54) is 0 Å². The monoisotopic (exact) mass is 263 g/mol. The first kappa shape index (κ1) is 13.8. The Labute approximate surface area is 113 Å². The van der Waals surface area contributed by atoms with Gasteiger partial charge in [-0.1, -0.05) is 6.92 Å². The minimum atomic E-state index is -0.00805. The standard InChI is InChI=1S/C15H21NO3/c1-5-12-8-16(7-6-13(12)17)15(18)14-9(2)10(3)19-11(14)4/h12H,5-8H2,1-4H3. The summed E-state index contributed by atoms with van der Waals surface area (Å²) in [4.78, 5) is 26.1. The van der Waals surface area contributed by atoms with Crippen LogP contribution in [0.25, 0.3) is 0 Å². The first-order valence-corrected chi connectivity index (χ1v) is 6.84. The van der Waals surface area contributed by atoms with Crippen LogP contribution in [0, 0.1) is 26.7 Å². The molecular formula is C15H21NO3. The van der Waals surface area contributed by atoms with Crippen LogP contribution in [0.15, 0.2) is 4.42 Å². The fourth-order valence-corrected chi connectivity index (χ4v) is 2.72. The van der Waals surface area contributed by atoms with Crippen molar-refractivity contribution < 1.29 is 14.0 Å². The van der Waals surface area contributed by atoms with E-state index in [0.717, 1.165) is 17.7 Å². The van der Waals surface area contributed by atoms with Gasteiger partial charge in [-0.3, -0.25) is 9.59 Å². The van der Waals surface area contributed by atoms with Gasteiger partial charge in [0.15, 0.2) is 0 Å². The maximum Gasteiger partial charge on any atom is 0.257 e. The van der Waals surface area contributed by atoms with E-state index in [1.54, 1.807) is 4.90 Å². The number of aryl methyl sites for hydroxylation is 2. The van der Waals surface area contributed by atoms with E-state index in [2.05, 4.69) is 0 Å². The van der Waals surface area contributed by atoms with Gasteiger partial charge >= 0.3 is 0 Å². The van der Waals surface area contributed by atoms with Crippen molar-refractivity contribution in [1.82, 2.24) is 4.90 Å². The lowest BCUT2D eigenvalue weighted by atomic mass is 9.93. The van der Waals surface area contributed by atoms with Crippen LogP contribution in [0.4, 0.5) is 0 Å². The highest BCUT2D eigenvalue weighted by atomic mass is 16.3. The number of rotatable bonds is 2. The van der Waals surface area contributed by atoms with Crippen LogP contribution >= 0.6 is 0 Å². The summed E-state index contributed by atoms with van der Waals surface area (Å²) in [5.41, 5.74) is 1.58. The average Bonchev–Trinajstić information content (AvgIpc) is 2.63. The van der Waals surface area contributed by atoms with Crippen molar-refractivity contribution in [2.75, 3.05) is 13.1 Å². The zero-order chi connectivity index (χ0) is 14.2. The van der Waals surface area contributed by atoms with Crippen LogP contribution in [-0.4, -0.2) is 29.7 Å². The van der Waals surface area contributed by atoms with Crippen LogP contribution in [0.2, 0.25) is 0 Å². The molecule has 104 valence electrons. The summed E-state index contributed by atoms with van der Waals surface area (Å²) < 4.78 is 5.52. The molecule has 0 aliphatic carbocycles. The lowest BCUT2D eigenvalue weighted by Gasteiger charge is -2.31. The van der Waals surface area contributed by atoms with Gasteiger partial charge in [-0.25, -0.2) is 0 Å². The largest absolute Gasteiger partial charge is 0.466 e. The smallest absolute Gasteiger partial charge is 0.257 e. The Hall–Kier alpha value is -1.58. The lowest BCUT2D eigenvalue weighted by molar-refractivity contribution is -0.125. The highest BCUT2D eigenvalue weighted by Gasteiger charge is 2.31. The van der Waals surface area contributed by atoms with E-state index >= 15 is 0 Å². The highest BCUT2D eigenvalue weighted by molar-refractivity contribution is 5.98. The third kappa shape index (κ3) is 2.44. The third-order valence-electron chi connectivity index (χ3n) is 4.08. The minimum absolute atomic E-state index is 0.00204. The number of nitrogens with zero attached hydrogens (tertiary/aromatic N) is 1. The summed E-state index contributed by atoms with van der Waals surface area (Å²) in [6.07, 6.45) is 1.27. The van der Waals surface area contributed by atoms with Crippen molar-refractivity contribution in [3.8, 4) is 0 Å². The fourth-order valence-electron chi connectivity index (χ4n) is 2.72. The zero-order valence-corrected chi connectivity index (χ0v) is 12.1. The SMILES string of the molecule is CCC1CN(C(=O)c2c(C)oc(C)c2C)CCC1=O. The Morgan fingerprint density at radius 3 is 2.53 bits per heavy atom. The predicted molar refractivity (Wildman–Crippen MR) is 72.2 cm³/mol. The molecule has 2 heterocycles. The number of hydrogen-bond acceptors (Lipinski definition) is 3. The molecule has 1 atom stereocenters. The van der Waals surface area contributed by atoms with Crippen LogP contribution < -0.4 is 0 Å². The van der Waals surface area contributed by atoms with Crippen molar-refractivity contribution in [3.05, 3.63) is 22.6 Å². The Morgan fingerprint density at radius 2 is 2.00 bits per heavy atom. The summed E-state index contributed by atoms with van der Waals surface area (Å²) in [7, 11) is 0. The number of Topliss-reactive ketones (excluding diaryl/α,β-unsaturated/α-hetero) is 1. The van der Waals surface area contributed by atoms with E-state index in [-0.39, 0.29) is 17.6 Å². The van der Waals surface area contributed by atoms with Gasteiger partial charge < -0.3 is 9.32 Å². The molecule has 1 saturated heterocycles. The fraction of sp³-hybridized carbons (Fsp3) is 0.600. The molecule has 0 bridgehead atoms. The number of hydrogen-bond donors (Lipinski definition) is 0. The summed E-state index contributed by atoms with van der Waals surface area (Å²) >= 11 is 0. The molecule has 1 unspecified atom stereocenters. The van der Waals surface area contributed by atoms with E-state index in [0.29, 0.717) is 30.8 Å². The van der Waals surface area contributed by atoms with Gasteiger partial charge in [-0.05, 0) is 27.2 Å². The Balaban J connectivity index is 2.22. The van der Waals surface area contributed by atoms with Crippen LogP contribution in [0.3, 0.4) is 0 Å². The summed E-state index contributed by atoms with van der Waals surface area (Å²) in [5, 5.41) is 0. The Kier molecular flexibility index (Phi) is 3.78. The number of carbonyl (C=O) groups is 2. The quantitative estimate of drug-likeness (QED) is 0.824.